The van der Waals surface area contributed by atoms with Crippen molar-refractivity contribution in [2.75, 3.05) is 17.7 Å². The van der Waals surface area contributed by atoms with Crippen molar-refractivity contribution < 1.29 is 18.8 Å². The fourth-order valence-electron chi connectivity index (χ4n) is 2.82. The van der Waals surface area contributed by atoms with E-state index < -0.39 is 23.5 Å². The highest BCUT2D eigenvalue weighted by Crippen LogP contribution is 2.21. The molecule has 166 valence electrons. The first-order valence-electron chi connectivity index (χ1n) is 9.69. The second kappa shape index (κ2) is 9.61. The molecule has 1 aromatic heterocycles. The number of benzene rings is 2. The summed E-state index contributed by atoms with van der Waals surface area (Å²) in [5, 5.41) is 7.81. The molecule has 0 unspecified atom stereocenters. The van der Waals surface area contributed by atoms with Crippen LogP contribution in [0.3, 0.4) is 0 Å². The molecule has 0 saturated carbocycles. The van der Waals surface area contributed by atoms with Crippen LogP contribution < -0.4 is 16.0 Å². The summed E-state index contributed by atoms with van der Waals surface area (Å²) in [6.07, 6.45) is 0. The largest absolute Gasteiger partial charge is 0.354 e. The van der Waals surface area contributed by atoms with Crippen molar-refractivity contribution in [3.05, 3.63) is 76.1 Å². The molecular formula is C22H21ClFN5O3. The van der Waals surface area contributed by atoms with Crippen molar-refractivity contribution in [3.63, 3.8) is 0 Å². The molecule has 0 atom stereocenters. The number of aromatic nitrogens is 2. The first-order chi connectivity index (χ1) is 15.2. The lowest BCUT2D eigenvalue weighted by Gasteiger charge is -2.09. The van der Waals surface area contributed by atoms with Gasteiger partial charge in [0.15, 0.2) is 5.69 Å². The van der Waals surface area contributed by atoms with E-state index in [0.717, 1.165) is 12.1 Å². The molecule has 8 nitrogen and oxygen atoms in total. The van der Waals surface area contributed by atoms with Crippen LogP contribution in [0.2, 0.25) is 5.02 Å². The summed E-state index contributed by atoms with van der Waals surface area (Å²) in [6, 6.07) is 9.81. The van der Waals surface area contributed by atoms with Gasteiger partial charge in [-0.05, 0) is 42.5 Å². The minimum Gasteiger partial charge on any atom is -0.354 e. The van der Waals surface area contributed by atoms with Gasteiger partial charge in [0.2, 0.25) is 0 Å². The zero-order chi connectivity index (χ0) is 23.4. The number of amides is 3. The third kappa shape index (κ3) is 5.12. The van der Waals surface area contributed by atoms with Gasteiger partial charge in [-0.15, -0.1) is 0 Å². The number of hydrogen-bond acceptors (Lipinski definition) is 4. The molecular weight excluding hydrogens is 437 g/mol. The minimum atomic E-state index is -0.554. The average Bonchev–Trinajstić information content (AvgIpc) is 3.20. The fraction of sp³-hybridized carbons (Fsp3) is 0.182. The van der Waals surface area contributed by atoms with Crippen LogP contribution in [0.25, 0.3) is 0 Å². The number of nitrogens with zero attached hydrogens (tertiary/aromatic N) is 1. The van der Waals surface area contributed by atoms with E-state index >= 15 is 0 Å². The quantitative estimate of drug-likeness (QED) is 0.444. The predicted molar refractivity (Wildman–Crippen MR) is 120 cm³/mol. The first kappa shape index (κ1) is 23.0. The smallest absolute Gasteiger partial charge is 0.276 e. The molecule has 0 aliphatic heterocycles. The lowest BCUT2D eigenvalue weighted by atomic mass is 10.2. The summed E-state index contributed by atoms with van der Waals surface area (Å²) in [6.45, 7) is 3.78. The number of nitrogens with one attached hydrogen (secondary N) is 4. The maximum absolute atomic E-state index is 13.2. The summed E-state index contributed by atoms with van der Waals surface area (Å²) in [4.78, 5) is 44.3. The number of rotatable bonds is 6. The number of imidazole rings is 1. The van der Waals surface area contributed by atoms with Crippen molar-refractivity contribution in [2.24, 2.45) is 0 Å². The van der Waals surface area contributed by atoms with Crippen LogP contribution >= 0.6 is 11.6 Å². The number of carbonyl (C=O) groups is 3. The van der Waals surface area contributed by atoms with Gasteiger partial charge in [0.25, 0.3) is 17.7 Å². The van der Waals surface area contributed by atoms with E-state index in [9.17, 15) is 18.8 Å². The third-order valence-corrected chi connectivity index (χ3v) is 4.83. The molecule has 1 heterocycles. The molecule has 0 fully saturated rings. The number of anilines is 2. The van der Waals surface area contributed by atoms with Crippen LogP contribution in [-0.4, -0.2) is 34.7 Å². The summed E-state index contributed by atoms with van der Waals surface area (Å²) >= 11 is 5.91. The van der Waals surface area contributed by atoms with Gasteiger partial charge < -0.3 is 20.9 Å². The van der Waals surface area contributed by atoms with E-state index in [1.54, 1.807) is 24.3 Å². The summed E-state index contributed by atoms with van der Waals surface area (Å²) < 4.78 is 13.2. The molecule has 10 heteroatoms. The minimum absolute atomic E-state index is 0.00178. The van der Waals surface area contributed by atoms with Gasteiger partial charge in [-0.25, -0.2) is 9.37 Å². The highest BCUT2D eigenvalue weighted by Gasteiger charge is 2.23. The number of halogens is 2. The number of aromatic amines is 1. The fourth-order valence-corrected chi connectivity index (χ4v) is 3.07. The second-order valence-electron chi connectivity index (χ2n) is 7.19. The second-order valence-corrected chi connectivity index (χ2v) is 7.60. The topological polar surface area (TPSA) is 116 Å². The Kier molecular flexibility index (Phi) is 6.89. The van der Waals surface area contributed by atoms with Crippen molar-refractivity contribution in [1.82, 2.24) is 15.3 Å². The van der Waals surface area contributed by atoms with Crippen molar-refractivity contribution in [3.8, 4) is 0 Å². The Bertz CT molecular complexity index is 1170. The maximum atomic E-state index is 13.2. The molecule has 2 aromatic carbocycles. The molecule has 32 heavy (non-hydrogen) atoms. The monoisotopic (exact) mass is 457 g/mol. The SMILES string of the molecule is CNC(=O)c1[nH]c(C(C)C)nc1C(=O)Nc1ccc(NC(=O)c2ccc(F)cc2Cl)cc1. The van der Waals surface area contributed by atoms with Gasteiger partial charge in [-0.1, -0.05) is 25.4 Å². The average molecular weight is 458 g/mol. The summed E-state index contributed by atoms with van der Waals surface area (Å²) in [5.74, 6) is -1.53. The summed E-state index contributed by atoms with van der Waals surface area (Å²) in [5.41, 5.74) is 1.07. The lowest BCUT2D eigenvalue weighted by molar-refractivity contribution is 0.0943. The normalized spacial score (nSPS) is 10.7. The highest BCUT2D eigenvalue weighted by molar-refractivity contribution is 6.34. The summed E-state index contributed by atoms with van der Waals surface area (Å²) in [7, 11) is 1.46. The zero-order valence-corrected chi connectivity index (χ0v) is 18.3. The van der Waals surface area contributed by atoms with Crippen molar-refractivity contribution in [1.29, 1.82) is 0 Å². The van der Waals surface area contributed by atoms with Crippen LogP contribution in [0, 0.1) is 5.82 Å². The van der Waals surface area contributed by atoms with E-state index in [4.69, 9.17) is 11.6 Å². The van der Waals surface area contributed by atoms with Gasteiger partial charge >= 0.3 is 0 Å². The Balaban J connectivity index is 1.72. The molecule has 0 radical (unpaired) electrons. The predicted octanol–water partition coefficient (Wildman–Crippen LogP) is 4.19. The van der Waals surface area contributed by atoms with Crippen LogP contribution in [0.15, 0.2) is 42.5 Å². The number of hydrogen-bond donors (Lipinski definition) is 4. The molecule has 0 spiro atoms. The van der Waals surface area contributed by atoms with Crippen LogP contribution in [-0.2, 0) is 0 Å². The number of carbonyl (C=O) groups excluding carboxylic acids is 3. The molecule has 3 rings (SSSR count). The molecule has 0 bridgehead atoms. The van der Waals surface area contributed by atoms with Crippen LogP contribution in [0.5, 0.6) is 0 Å². The Hall–Kier alpha value is -3.72. The van der Waals surface area contributed by atoms with E-state index in [-0.39, 0.29) is 27.9 Å². The standard InChI is InChI=1S/C22H21ClFN5O3/c1-11(2)19-28-17(21(31)25-3)18(29-19)22(32)27-14-7-5-13(6-8-14)26-20(30)15-9-4-12(24)10-16(15)23/h4-11H,1-3H3,(H,25,31)(H,26,30)(H,27,32)(H,28,29). The van der Waals surface area contributed by atoms with Gasteiger partial charge in [0.1, 0.15) is 17.3 Å². The van der Waals surface area contributed by atoms with Crippen molar-refractivity contribution >= 4 is 40.7 Å². The number of H-pyrrole nitrogens is 1. The Labute approximate surface area is 188 Å². The highest BCUT2D eigenvalue weighted by atomic mass is 35.5. The zero-order valence-electron chi connectivity index (χ0n) is 17.5. The Morgan fingerprint density at radius 1 is 0.969 bits per heavy atom. The third-order valence-electron chi connectivity index (χ3n) is 4.51. The molecule has 0 aliphatic carbocycles. The van der Waals surface area contributed by atoms with E-state index in [0.29, 0.717) is 17.2 Å². The van der Waals surface area contributed by atoms with E-state index in [1.807, 2.05) is 13.8 Å². The van der Waals surface area contributed by atoms with Gasteiger partial charge in [0, 0.05) is 24.3 Å². The van der Waals surface area contributed by atoms with Crippen molar-refractivity contribution in [2.45, 2.75) is 19.8 Å². The Morgan fingerprint density at radius 2 is 1.56 bits per heavy atom. The van der Waals surface area contributed by atoms with Gasteiger partial charge in [0.05, 0.1) is 10.6 Å². The maximum Gasteiger partial charge on any atom is 0.276 e. The first-order valence-corrected chi connectivity index (χ1v) is 10.1. The molecule has 0 aliphatic rings. The van der Waals surface area contributed by atoms with E-state index in [2.05, 4.69) is 25.9 Å². The molecule has 3 amide bonds. The van der Waals surface area contributed by atoms with Gasteiger partial charge in [-0.3, -0.25) is 14.4 Å². The van der Waals surface area contributed by atoms with Crippen LogP contribution in [0.1, 0.15) is 56.9 Å². The molecule has 3 aromatic rings. The Morgan fingerprint density at radius 3 is 2.09 bits per heavy atom. The lowest BCUT2D eigenvalue weighted by Crippen LogP contribution is -2.23. The van der Waals surface area contributed by atoms with E-state index in [1.165, 1.54) is 13.1 Å². The van der Waals surface area contributed by atoms with Crippen LogP contribution in [0.4, 0.5) is 15.8 Å². The molecule has 0 saturated heterocycles. The molecule has 4 N–H and O–H groups in total. The van der Waals surface area contributed by atoms with Gasteiger partial charge in [-0.2, -0.15) is 0 Å².